The highest BCUT2D eigenvalue weighted by Crippen LogP contribution is 2.19. The summed E-state index contributed by atoms with van der Waals surface area (Å²) in [4.78, 5) is 28.7. The minimum atomic E-state index is -0.327. The molecule has 0 amide bonds. The van der Waals surface area contributed by atoms with Crippen LogP contribution in [0, 0.1) is 5.41 Å². The van der Waals surface area contributed by atoms with E-state index >= 15 is 0 Å². The normalized spacial score (nSPS) is 15.7. The van der Waals surface area contributed by atoms with Crippen LogP contribution >= 0.6 is 0 Å². The van der Waals surface area contributed by atoms with Crippen LogP contribution in [0.5, 0.6) is 0 Å². The number of esters is 1. The number of methoxy groups -OCH3 is 1. The van der Waals surface area contributed by atoms with Gasteiger partial charge >= 0.3 is 5.97 Å². The van der Waals surface area contributed by atoms with Gasteiger partial charge in [0.05, 0.1) is 19.2 Å². The Labute approximate surface area is 126 Å². The van der Waals surface area contributed by atoms with Crippen molar-refractivity contribution in [3.63, 3.8) is 0 Å². The van der Waals surface area contributed by atoms with Crippen LogP contribution in [0.1, 0.15) is 24.1 Å². The number of aromatic nitrogens is 1. The van der Waals surface area contributed by atoms with Gasteiger partial charge in [-0.2, -0.15) is 0 Å². The quantitative estimate of drug-likeness (QED) is 0.309. The summed E-state index contributed by atoms with van der Waals surface area (Å²) >= 11 is 0. The highest BCUT2D eigenvalue weighted by molar-refractivity contribution is 6.02. The second-order valence-corrected chi connectivity index (χ2v) is 4.20. The minimum Gasteiger partial charge on any atom is -0.483 e. The third-order valence-electron chi connectivity index (χ3n) is 2.73. The van der Waals surface area contributed by atoms with E-state index in [0.717, 1.165) is 11.3 Å². The summed E-state index contributed by atoms with van der Waals surface area (Å²) in [6.07, 6.45) is 1.98. The molecule has 0 fully saturated rings. The van der Waals surface area contributed by atoms with Gasteiger partial charge in [-0.25, -0.2) is 0 Å². The number of nitrogens with two attached hydrogens (primary N) is 1. The molecule has 22 heavy (non-hydrogen) atoms. The van der Waals surface area contributed by atoms with Gasteiger partial charge in [-0.15, -0.1) is 0 Å². The molecule has 2 heterocycles. The Balaban J connectivity index is 0.000000745. The van der Waals surface area contributed by atoms with Gasteiger partial charge in [0.1, 0.15) is 17.6 Å². The van der Waals surface area contributed by atoms with Crippen molar-refractivity contribution in [2.24, 2.45) is 10.9 Å². The lowest BCUT2D eigenvalue weighted by Gasteiger charge is -2.05. The smallest absolute Gasteiger partial charge is 0.309 e. The standard InChI is InChI=1S/C12H14N4O3.CH2O2/c1-18-11(17)5-8-4-10(16-19-8)7-2-3-9(12(13)14)15-6-7;2-1-3/h2-3,6,8H,4-5H2,1H3,(H3,13,14);1H,(H,2,3). The van der Waals surface area contributed by atoms with Crippen molar-refractivity contribution in [2.45, 2.75) is 18.9 Å². The number of nitrogens with zero attached hydrogens (tertiary/aromatic N) is 2. The molecular formula is C13H16N4O5. The Morgan fingerprint density at radius 3 is 2.82 bits per heavy atom. The van der Waals surface area contributed by atoms with Crippen molar-refractivity contribution >= 4 is 24.0 Å². The Morgan fingerprint density at radius 2 is 2.32 bits per heavy atom. The average Bonchev–Trinajstić information content (AvgIpc) is 2.96. The third-order valence-corrected chi connectivity index (χ3v) is 2.73. The van der Waals surface area contributed by atoms with Crippen LogP contribution in [0.4, 0.5) is 0 Å². The Hall–Kier alpha value is -2.97. The van der Waals surface area contributed by atoms with Gasteiger partial charge < -0.3 is 20.4 Å². The molecule has 0 saturated carbocycles. The highest BCUT2D eigenvalue weighted by Gasteiger charge is 2.25. The van der Waals surface area contributed by atoms with Gasteiger partial charge in [0.2, 0.25) is 0 Å². The van der Waals surface area contributed by atoms with E-state index in [9.17, 15) is 4.79 Å². The van der Waals surface area contributed by atoms with E-state index in [1.807, 2.05) is 0 Å². The Bertz CT molecular complexity index is 570. The molecule has 1 unspecified atom stereocenters. The molecule has 0 aliphatic carbocycles. The fraction of sp³-hybridized carbons (Fsp3) is 0.308. The molecule has 1 aromatic heterocycles. The van der Waals surface area contributed by atoms with Gasteiger partial charge in [0.25, 0.3) is 6.47 Å². The zero-order valence-electron chi connectivity index (χ0n) is 11.9. The maximum Gasteiger partial charge on any atom is 0.309 e. The first-order chi connectivity index (χ1) is 10.5. The fourth-order valence-electron chi connectivity index (χ4n) is 1.70. The molecule has 2 rings (SSSR count). The summed E-state index contributed by atoms with van der Waals surface area (Å²) in [5.41, 5.74) is 7.24. The minimum absolute atomic E-state index is 0.0836. The summed E-state index contributed by atoms with van der Waals surface area (Å²) in [6, 6.07) is 3.42. The van der Waals surface area contributed by atoms with Crippen LogP contribution in [-0.2, 0) is 19.2 Å². The van der Waals surface area contributed by atoms with Crippen molar-refractivity contribution in [2.75, 3.05) is 7.11 Å². The van der Waals surface area contributed by atoms with E-state index < -0.39 is 0 Å². The number of pyridine rings is 1. The molecule has 1 aromatic rings. The molecule has 118 valence electrons. The van der Waals surface area contributed by atoms with Crippen LogP contribution in [0.3, 0.4) is 0 Å². The van der Waals surface area contributed by atoms with Crippen LogP contribution in [0.25, 0.3) is 0 Å². The van der Waals surface area contributed by atoms with Crippen LogP contribution in [-0.4, -0.2) is 47.3 Å². The number of carboxylic acid groups (broad SMARTS) is 1. The maximum absolute atomic E-state index is 11.1. The lowest BCUT2D eigenvalue weighted by atomic mass is 10.0. The zero-order valence-corrected chi connectivity index (χ0v) is 11.9. The van der Waals surface area contributed by atoms with E-state index in [0.29, 0.717) is 12.1 Å². The number of oxime groups is 1. The SMILES string of the molecule is COC(=O)CC1CC(c2ccc(C(=N)N)nc2)=NO1.O=CO. The predicted molar refractivity (Wildman–Crippen MR) is 76.6 cm³/mol. The number of rotatable bonds is 4. The van der Waals surface area contributed by atoms with E-state index in [4.69, 9.17) is 25.9 Å². The summed E-state index contributed by atoms with van der Waals surface area (Å²) in [5.74, 6) is -0.411. The number of ether oxygens (including phenoxy) is 1. The predicted octanol–water partition coefficient (Wildman–Crippen LogP) is 0.123. The summed E-state index contributed by atoms with van der Waals surface area (Å²) in [6.45, 7) is -0.250. The zero-order chi connectivity index (χ0) is 16.5. The lowest BCUT2D eigenvalue weighted by molar-refractivity contribution is -0.143. The van der Waals surface area contributed by atoms with Crippen molar-refractivity contribution in [1.29, 1.82) is 5.41 Å². The molecule has 1 atom stereocenters. The first-order valence-corrected chi connectivity index (χ1v) is 6.20. The van der Waals surface area contributed by atoms with Crippen molar-refractivity contribution in [3.05, 3.63) is 29.6 Å². The van der Waals surface area contributed by atoms with Crippen molar-refractivity contribution in [3.8, 4) is 0 Å². The van der Waals surface area contributed by atoms with E-state index in [-0.39, 0.29) is 30.8 Å². The Kier molecular flexibility index (Phi) is 6.48. The molecule has 4 N–H and O–H groups in total. The molecule has 9 heteroatoms. The number of carbonyl (C=O) groups is 2. The first kappa shape index (κ1) is 17.1. The van der Waals surface area contributed by atoms with Crippen molar-refractivity contribution in [1.82, 2.24) is 4.98 Å². The number of nitrogens with one attached hydrogen (secondary N) is 1. The molecule has 0 radical (unpaired) electrons. The molecule has 0 bridgehead atoms. The summed E-state index contributed by atoms with van der Waals surface area (Å²) in [5, 5.41) is 18.1. The van der Waals surface area contributed by atoms with Gasteiger partial charge in [-0.3, -0.25) is 20.0 Å². The first-order valence-electron chi connectivity index (χ1n) is 6.20. The largest absolute Gasteiger partial charge is 0.483 e. The van der Waals surface area contributed by atoms with Gasteiger partial charge in [0.15, 0.2) is 0 Å². The fourth-order valence-corrected chi connectivity index (χ4v) is 1.70. The van der Waals surface area contributed by atoms with Crippen LogP contribution in [0.15, 0.2) is 23.5 Å². The van der Waals surface area contributed by atoms with E-state index in [1.165, 1.54) is 7.11 Å². The molecule has 1 aliphatic heterocycles. The van der Waals surface area contributed by atoms with Gasteiger partial charge in [-0.1, -0.05) is 5.16 Å². The highest BCUT2D eigenvalue weighted by atomic mass is 16.6. The molecule has 0 saturated heterocycles. The molecular weight excluding hydrogens is 292 g/mol. The maximum atomic E-state index is 11.1. The summed E-state index contributed by atoms with van der Waals surface area (Å²) < 4.78 is 4.58. The second kappa shape index (κ2) is 8.35. The average molecular weight is 308 g/mol. The number of nitrogen functional groups attached to an aromatic ring is 1. The number of amidine groups is 1. The molecule has 0 spiro atoms. The summed E-state index contributed by atoms with van der Waals surface area (Å²) in [7, 11) is 1.34. The van der Waals surface area contributed by atoms with Crippen LogP contribution < -0.4 is 5.73 Å². The van der Waals surface area contributed by atoms with E-state index in [2.05, 4.69) is 14.9 Å². The van der Waals surface area contributed by atoms with Gasteiger partial charge in [0, 0.05) is 18.2 Å². The number of carbonyl (C=O) groups excluding carboxylic acids is 1. The second-order valence-electron chi connectivity index (χ2n) is 4.20. The van der Waals surface area contributed by atoms with Crippen LogP contribution in [0.2, 0.25) is 0 Å². The van der Waals surface area contributed by atoms with Crippen molar-refractivity contribution < 1.29 is 24.3 Å². The van der Waals surface area contributed by atoms with E-state index in [1.54, 1.807) is 18.3 Å². The third kappa shape index (κ3) is 4.85. The Morgan fingerprint density at radius 1 is 1.64 bits per heavy atom. The molecule has 0 aromatic carbocycles. The monoisotopic (exact) mass is 308 g/mol. The van der Waals surface area contributed by atoms with Gasteiger partial charge in [-0.05, 0) is 12.1 Å². The lowest BCUT2D eigenvalue weighted by Crippen LogP contribution is -2.16. The topological polar surface area (TPSA) is 148 Å². The number of hydrogen-bond acceptors (Lipinski definition) is 7. The molecule has 9 nitrogen and oxygen atoms in total. The number of hydrogen-bond donors (Lipinski definition) is 3. The molecule has 1 aliphatic rings.